The van der Waals surface area contributed by atoms with Crippen molar-refractivity contribution in [1.29, 1.82) is 0 Å². The molecule has 0 fully saturated rings. The molecule has 1 rings (SSSR count). The third-order valence-electron chi connectivity index (χ3n) is 0.425. The van der Waals surface area contributed by atoms with Gasteiger partial charge < -0.3 is 9.47 Å². The van der Waals surface area contributed by atoms with Crippen LogP contribution in [0.25, 0.3) is 0 Å². The van der Waals surface area contributed by atoms with Crippen molar-refractivity contribution in [1.82, 2.24) is 0 Å². The maximum Gasteiger partial charge on any atom is 0.125 e. The molecule has 1 aliphatic heterocycles. The van der Waals surface area contributed by atoms with E-state index in [1.807, 2.05) is 0 Å². The van der Waals surface area contributed by atoms with Gasteiger partial charge in [-0.3, -0.25) is 0 Å². The fourth-order valence-corrected chi connectivity index (χ4v) is 0.219. The Kier molecular flexibility index (Phi) is 36.2. The Hall–Kier alpha value is 0.240. The van der Waals surface area contributed by atoms with Gasteiger partial charge in [0.25, 0.3) is 0 Å². The van der Waals surface area contributed by atoms with Crippen LogP contribution in [0.4, 0.5) is 0 Å². The molecule has 0 amide bonds. The molecule has 0 N–H and O–H groups in total. The topological polar surface area (TPSA) is 18.5 Å². The quantitative estimate of drug-likeness (QED) is 0.636. The van der Waals surface area contributed by atoms with E-state index in [2.05, 4.69) is 9.47 Å². The van der Waals surface area contributed by atoms with Gasteiger partial charge in [-0.1, -0.05) is 0 Å². The first kappa shape index (κ1) is 22.5. The Balaban J connectivity index is -0.0000000450. The highest BCUT2D eigenvalue weighted by Gasteiger charge is 1.74. The van der Waals surface area contributed by atoms with Gasteiger partial charge >= 0.3 is 0 Å². The first-order valence-electron chi connectivity index (χ1n) is 1.61. The van der Waals surface area contributed by atoms with Crippen LogP contribution in [0.3, 0.4) is 0 Å². The lowest BCUT2D eigenvalue weighted by Crippen LogP contribution is -1.74. The normalized spacial score (nSPS) is 9.60. The summed E-state index contributed by atoms with van der Waals surface area (Å²) in [5, 5.41) is 0. The molecule has 0 radical (unpaired) electrons. The molecule has 0 aliphatic carbocycles. The molecule has 0 aromatic heterocycles. The Bertz CT molecular complexity index is 73.3. The monoisotopic (exact) mass is 228 g/mol. The average molecular weight is 230 g/mol. The minimum Gasteiger partial charge on any atom is -0.466 e. The summed E-state index contributed by atoms with van der Waals surface area (Å²) in [4.78, 5) is 0. The molecule has 0 aromatic rings. The van der Waals surface area contributed by atoms with Gasteiger partial charge in [0.15, 0.2) is 0 Å². The molecule has 6 heteroatoms. The van der Waals surface area contributed by atoms with E-state index in [0.29, 0.717) is 0 Å². The number of ether oxygens (including phenoxy) is 2. The predicted molar refractivity (Wildman–Crippen MR) is 49.4 cm³/mol. The zero-order valence-electron chi connectivity index (χ0n) is 4.76. The number of rotatable bonds is 0. The van der Waals surface area contributed by atoms with Gasteiger partial charge in [-0.25, -0.2) is 0 Å². The molecule has 0 spiro atoms. The minimum absolute atomic E-state index is 0. The number of hydrogen-bond donors (Lipinski definition) is 0. The van der Waals surface area contributed by atoms with Crippen molar-refractivity contribution >= 4 is 49.6 Å². The van der Waals surface area contributed by atoms with Crippen molar-refractivity contribution < 1.29 is 9.47 Å². The van der Waals surface area contributed by atoms with E-state index in [1.165, 1.54) is 25.0 Å². The predicted octanol–water partition coefficient (Wildman–Crippen LogP) is 2.66. The van der Waals surface area contributed by atoms with Crippen molar-refractivity contribution in [2.24, 2.45) is 0 Å². The Morgan fingerprint density at radius 3 is 0.800 bits per heavy atom. The van der Waals surface area contributed by atoms with Crippen LogP contribution in [0.5, 0.6) is 0 Å². The van der Waals surface area contributed by atoms with Crippen LogP contribution in [-0.4, -0.2) is 0 Å². The summed E-state index contributed by atoms with van der Waals surface area (Å²) < 4.78 is 9.17. The highest BCUT2D eigenvalue weighted by atomic mass is 35.5. The van der Waals surface area contributed by atoms with Gasteiger partial charge in [-0.05, 0) is 0 Å². The van der Waals surface area contributed by atoms with E-state index in [0.717, 1.165) is 0 Å². The van der Waals surface area contributed by atoms with Crippen LogP contribution < -0.4 is 0 Å². The SMILES string of the molecule is C1=COC=CO1.Cl.Cl.Cl.Cl. The first-order chi connectivity index (χ1) is 3.00. The molecule has 10 heavy (non-hydrogen) atoms. The van der Waals surface area contributed by atoms with E-state index >= 15 is 0 Å². The van der Waals surface area contributed by atoms with Crippen molar-refractivity contribution in [2.75, 3.05) is 0 Å². The molecule has 0 bridgehead atoms. The van der Waals surface area contributed by atoms with Crippen LogP contribution in [0.15, 0.2) is 25.0 Å². The first-order valence-corrected chi connectivity index (χ1v) is 1.61. The molecule has 1 heterocycles. The fourth-order valence-electron chi connectivity index (χ4n) is 0.219. The van der Waals surface area contributed by atoms with E-state index in [9.17, 15) is 0 Å². The molecule has 0 saturated carbocycles. The summed E-state index contributed by atoms with van der Waals surface area (Å²) >= 11 is 0. The summed E-state index contributed by atoms with van der Waals surface area (Å²) in [7, 11) is 0. The lowest BCUT2D eigenvalue weighted by atomic mass is 10.9. The van der Waals surface area contributed by atoms with Crippen molar-refractivity contribution in [3.63, 3.8) is 0 Å². The van der Waals surface area contributed by atoms with Crippen LogP contribution in [-0.2, 0) is 9.47 Å². The van der Waals surface area contributed by atoms with Gasteiger partial charge in [-0.15, -0.1) is 49.6 Å². The van der Waals surface area contributed by atoms with E-state index in [4.69, 9.17) is 0 Å². The second-order valence-electron chi connectivity index (χ2n) is 0.816. The lowest BCUT2D eigenvalue weighted by molar-refractivity contribution is 0.290. The highest BCUT2D eigenvalue weighted by Crippen LogP contribution is 1.89. The number of hydrogen-bond acceptors (Lipinski definition) is 2. The Morgan fingerprint density at radius 1 is 0.500 bits per heavy atom. The van der Waals surface area contributed by atoms with Crippen molar-refractivity contribution in [3.8, 4) is 0 Å². The fraction of sp³-hybridized carbons (Fsp3) is 0. The second kappa shape index (κ2) is 16.1. The Morgan fingerprint density at radius 2 is 0.700 bits per heavy atom. The van der Waals surface area contributed by atoms with Crippen molar-refractivity contribution in [3.05, 3.63) is 25.0 Å². The molecule has 1 aliphatic rings. The molecule has 64 valence electrons. The maximum absolute atomic E-state index is 4.58. The summed E-state index contributed by atoms with van der Waals surface area (Å²) in [5.41, 5.74) is 0. The van der Waals surface area contributed by atoms with E-state index in [1.54, 1.807) is 0 Å². The zero-order valence-corrected chi connectivity index (χ0v) is 8.02. The summed E-state index contributed by atoms with van der Waals surface area (Å²) in [6, 6.07) is 0. The van der Waals surface area contributed by atoms with Crippen LogP contribution >= 0.6 is 49.6 Å². The van der Waals surface area contributed by atoms with Crippen molar-refractivity contribution in [2.45, 2.75) is 0 Å². The smallest absolute Gasteiger partial charge is 0.125 e. The Labute approximate surface area is 84.3 Å². The molecule has 0 atom stereocenters. The van der Waals surface area contributed by atoms with Gasteiger partial charge in [0.2, 0.25) is 0 Å². The molecule has 0 saturated heterocycles. The number of halogens is 4. The highest BCUT2D eigenvalue weighted by molar-refractivity contribution is 5.86. The van der Waals surface area contributed by atoms with Crippen LogP contribution in [0.2, 0.25) is 0 Å². The van der Waals surface area contributed by atoms with E-state index in [-0.39, 0.29) is 49.6 Å². The second-order valence-corrected chi connectivity index (χ2v) is 0.816. The molecule has 0 aromatic carbocycles. The standard InChI is InChI=1S/C4H4O2.4ClH/c1-2-6-4-3-5-1;;;;/h1-4H;4*1H. The van der Waals surface area contributed by atoms with Gasteiger partial charge in [0, 0.05) is 0 Å². The van der Waals surface area contributed by atoms with Crippen LogP contribution in [0.1, 0.15) is 0 Å². The minimum atomic E-state index is 0. The summed E-state index contributed by atoms with van der Waals surface area (Å²) in [5.74, 6) is 0. The lowest BCUT2D eigenvalue weighted by Gasteiger charge is -1.94. The molecule has 0 unspecified atom stereocenters. The maximum atomic E-state index is 4.58. The van der Waals surface area contributed by atoms with Gasteiger partial charge in [-0.2, -0.15) is 0 Å². The zero-order chi connectivity index (χ0) is 4.24. The van der Waals surface area contributed by atoms with Crippen LogP contribution in [0, 0.1) is 0 Å². The average Bonchev–Trinajstić information content (AvgIpc) is 1.72. The van der Waals surface area contributed by atoms with Gasteiger partial charge in [0.05, 0.1) is 0 Å². The molecular formula is C4H8Cl4O2. The third-order valence-corrected chi connectivity index (χ3v) is 0.425. The van der Waals surface area contributed by atoms with Gasteiger partial charge in [0.1, 0.15) is 25.0 Å². The summed E-state index contributed by atoms with van der Waals surface area (Å²) in [6.45, 7) is 0. The molecule has 2 nitrogen and oxygen atoms in total. The van der Waals surface area contributed by atoms with E-state index < -0.39 is 0 Å². The third kappa shape index (κ3) is 11.1. The largest absolute Gasteiger partial charge is 0.466 e. The molecular weight excluding hydrogens is 222 g/mol. The summed E-state index contributed by atoms with van der Waals surface area (Å²) in [6.07, 6.45) is 5.83.